The van der Waals surface area contributed by atoms with Crippen LogP contribution in [0.15, 0.2) is 59.6 Å². The number of nitriles is 1. The third-order valence-electron chi connectivity index (χ3n) is 5.15. The molecule has 1 unspecified atom stereocenters. The topological polar surface area (TPSA) is 75.0 Å². The number of carbonyl (C=O) groups excluding carboxylic acids is 1. The number of rotatable bonds is 7. The van der Waals surface area contributed by atoms with Crippen molar-refractivity contribution in [1.82, 2.24) is 4.98 Å². The van der Waals surface area contributed by atoms with Gasteiger partial charge in [-0.05, 0) is 73.9 Å². The molecule has 2 aromatic carbocycles. The Balaban J connectivity index is 1.85. The van der Waals surface area contributed by atoms with Gasteiger partial charge in [0.25, 0.3) is 0 Å². The second kappa shape index (κ2) is 10.1. The second-order valence-electron chi connectivity index (χ2n) is 7.14. The standard InChI is InChI=1S/C25H25N3O2S/c1-5-23(24(29)27-21-8-6-7-16(2)17(21)3)31-25-19(15-26)11-14-22(28-25)18-9-12-20(30-4)13-10-18/h6-14,23H,5H2,1-4H3,(H,27,29). The van der Waals surface area contributed by atoms with Gasteiger partial charge in [0.05, 0.1) is 23.6 Å². The van der Waals surface area contributed by atoms with Gasteiger partial charge in [-0.2, -0.15) is 5.26 Å². The Hall–Kier alpha value is -3.30. The van der Waals surface area contributed by atoms with Gasteiger partial charge in [-0.3, -0.25) is 4.79 Å². The maximum Gasteiger partial charge on any atom is 0.237 e. The number of nitrogens with zero attached hydrogens (tertiary/aromatic N) is 2. The summed E-state index contributed by atoms with van der Waals surface area (Å²) < 4.78 is 5.21. The molecule has 1 aromatic heterocycles. The van der Waals surface area contributed by atoms with Crippen molar-refractivity contribution in [3.63, 3.8) is 0 Å². The smallest absolute Gasteiger partial charge is 0.237 e. The molecule has 1 N–H and O–H groups in total. The molecular weight excluding hydrogens is 406 g/mol. The van der Waals surface area contributed by atoms with Crippen LogP contribution in [-0.2, 0) is 4.79 Å². The SMILES string of the molecule is CCC(Sc1nc(-c2ccc(OC)cc2)ccc1C#N)C(=O)Nc1cccc(C)c1C. The van der Waals surface area contributed by atoms with Gasteiger partial charge in [-0.15, -0.1) is 0 Å². The van der Waals surface area contributed by atoms with Crippen LogP contribution in [0.5, 0.6) is 5.75 Å². The molecule has 6 heteroatoms. The van der Waals surface area contributed by atoms with Crippen LogP contribution in [0.2, 0.25) is 0 Å². The van der Waals surface area contributed by atoms with E-state index in [9.17, 15) is 10.1 Å². The Morgan fingerprint density at radius 3 is 2.55 bits per heavy atom. The zero-order valence-corrected chi connectivity index (χ0v) is 18.9. The molecule has 3 aromatic rings. The van der Waals surface area contributed by atoms with Crippen molar-refractivity contribution in [2.24, 2.45) is 0 Å². The average molecular weight is 432 g/mol. The number of pyridine rings is 1. The molecule has 0 aliphatic carbocycles. The Bertz CT molecular complexity index is 1120. The van der Waals surface area contributed by atoms with E-state index in [1.807, 2.05) is 69.3 Å². The lowest BCUT2D eigenvalue weighted by atomic mass is 10.1. The number of methoxy groups -OCH3 is 1. The van der Waals surface area contributed by atoms with E-state index in [4.69, 9.17) is 9.72 Å². The van der Waals surface area contributed by atoms with Crippen molar-refractivity contribution >= 4 is 23.4 Å². The largest absolute Gasteiger partial charge is 0.497 e. The van der Waals surface area contributed by atoms with Crippen molar-refractivity contribution in [1.29, 1.82) is 5.26 Å². The Labute approximate surface area is 187 Å². The lowest BCUT2D eigenvalue weighted by Crippen LogP contribution is -2.25. The number of hydrogen-bond donors (Lipinski definition) is 1. The third-order valence-corrected chi connectivity index (χ3v) is 6.51. The zero-order valence-electron chi connectivity index (χ0n) is 18.1. The molecule has 0 aliphatic heterocycles. The van der Waals surface area contributed by atoms with Crippen molar-refractivity contribution in [3.05, 3.63) is 71.3 Å². The van der Waals surface area contributed by atoms with E-state index in [2.05, 4.69) is 11.4 Å². The Morgan fingerprint density at radius 2 is 1.90 bits per heavy atom. The molecule has 0 spiro atoms. The lowest BCUT2D eigenvalue weighted by molar-refractivity contribution is -0.115. The van der Waals surface area contributed by atoms with E-state index in [0.29, 0.717) is 17.0 Å². The minimum absolute atomic E-state index is 0.0956. The second-order valence-corrected chi connectivity index (χ2v) is 8.33. The summed E-state index contributed by atoms with van der Waals surface area (Å²) in [6, 6.07) is 19.2. The molecule has 0 bridgehead atoms. The fourth-order valence-corrected chi connectivity index (χ4v) is 4.09. The summed E-state index contributed by atoms with van der Waals surface area (Å²) in [6.45, 7) is 5.97. The highest BCUT2D eigenvalue weighted by Gasteiger charge is 2.22. The Kier molecular flexibility index (Phi) is 7.32. The molecule has 0 saturated carbocycles. The predicted octanol–water partition coefficient (Wildman–Crippen LogP) is 5.76. The van der Waals surface area contributed by atoms with E-state index in [-0.39, 0.29) is 11.2 Å². The number of carbonyl (C=O) groups is 1. The molecule has 5 nitrogen and oxygen atoms in total. The van der Waals surface area contributed by atoms with Crippen LogP contribution >= 0.6 is 11.8 Å². The van der Waals surface area contributed by atoms with E-state index >= 15 is 0 Å². The number of aryl methyl sites for hydroxylation is 1. The quantitative estimate of drug-likeness (QED) is 0.482. The first-order valence-corrected chi connectivity index (χ1v) is 10.9. The van der Waals surface area contributed by atoms with Crippen molar-refractivity contribution < 1.29 is 9.53 Å². The normalized spacial score (nSPS) is 11.5. The van der Waals surface area contributed by atoms with Crippen LogP contribution in [0.3, 0.4) is 0 Å². The minimum atomic E-state index is -0.370. The highest BCUT2D eigenvalue weighted by atomic mass is 32.2. The summed E-state index contributed by atoms with van der Waals surface area (Å²) >= 11 is 1.32. The monoisotopic (exact) mass is 431 g/mol. The summed E-state index contributed by atoms with van der Waals surface area (Å²) in [4.78, 5) is 17.7. The molecule has 0 saturated heterocycles. The number of anilines is 1. The first kappa shape index (κ1) is 22.4. The van der Waals surface area contributed by atoms with Crippen LogP contribution in [-0.4, -0.2) is 23.3 Å². The molecule has 1 atom stereocenters. The van der Waals surface area contributed by atoms with Gasteiger partial charge in [-0.25, -0.2) is 4.98 Å². The maximum absolute atomic E-state index is 13.0. The number of nitrogens with one attached hydrogen (secondary N) is 1. The molecular formula is C25H25N3O2S. The fourth-order valence-electron chi connectivity index (χ4n) is 3.09. The van der Waals surface area contributed by atoms with Gasteiger partial charge >= 0.3 is 0 Å². The molecule has 3 rings (SSSR count). The van der Waals surface area contributed by atoms with E-state index < -0.39 is 0 Å². The highest BCUT2D eigenvalue weighted by Crippen LogP contribution is 2.31. The summed E-state index contributed by atoms with van der Waals surface area (Å²) in [5.41, 5.74) is 5.10. The van der Waals surface area contributed by atoms with Crippen molar-refractivity contribution in [2.75, 3.05) is 12.4 Å². The number of thioether (sulfide) groups is 1. The number of hydrogen-bond acceptors (Lipinski definition) is 5. The summed E-state index contributed by atoms with van der Waals surface area (Å²) in [7, 11) is 1.62. The van der Waals surface area contributed by atoms with Gasteiger partial charge in [0.15, 0.2) is 0 Å². The Morgan fingerprint density at radius 1 is 1.16 bits per heavy atom. The molecule has 1 amide bonds. The molecule has 0 fully saturated rings. The van der Waals surface area contributed by atoms with Crippen LogP contribution in [0.4, 0.5) is 5.69 Å². The van der Waals surface area contributed by atoms with Crippen LogP contribution in [0.1, 0.15) is 30.0 Å². The van der Waals surface area contributed by atoms with E-state index in [0.717, 1.165) is 33.8 Å². The number of amides is 1. The molecule has 1 heterocycles. The lowest BCUT2D eigenvalue weighted by Gasteiger charge is -2.17. The zero-order chi connectivity index (χ0) is 22.4. The molecule has 31 heavy (non-hydrogen) atoms. The average Bonchev–Trinajstić information content (AvgIpc) is 2.80. The maximum atomic E-state index is 13.0. The number of ether oxygens (including phenoxy) is 1. The van der Waals surface area contributed by atoms with Gasteiger partial charge < -0.3 is 10.1 Å². The first-order chi connectivity index (χ1) is 15.0. The third kappa shape index (κ3) is 5.25. The van der Waals surface area contributed by atoms with Crippen LogP contribution in [0, 0.1) is 25.2 Å². The molecule has 158 valence electrons. The van der Waals surface area contributed by atoms with Crippen molar-refractivity contribution in [2.45, 2.75) is 37.5 Å². The predicted molar refractivity (Wildman–Crippen MR) is 125 cm³/mol. The van der Waals surface area contributed by atoms with Gasteiger partial charge in [0, 0.05) is 11.3 Å². The van der Waals surface area contributed by atoms with Crippen molar-refractivity contribution in [3.8, 4) is 23.1 Å². The number of benzene rings is 2. The van der Waals surface area contributed by atoms with E-state index in [1.54, 1.807) is 13.2 Å². The van der Waals surface area contributed by atoms with Crippen LogP contribution < -0.4 is 10.1 Å². The summed E-state index contributed by atoms with van der Waals surface area (Å²) in [6.07, 6.45) is 0.612. The van der Waals surface area contributed by atoms with Gasteiger partial charge in [-0.1, -0.05) is 30.8 Å². The highest BCUT2D eigenvalue weighted by molar-refractivity contribution is 8.00. The number of aromatic nitrogens is 1. The first-order valence-electron chi connectivity index (χ1n) is 10.1. The molecule has 0 aliphatic rings. The summed E-state index contributed by atoms with van der Waals surface area (Å²) in [5, 5.41) is 12.8. The minimum Gasteiger partial charge on any atom is -0.497 e. The summed E-state index contributed by atoms with van der Waals surface area (Å²) in [5.74, 6) is 0.669. The fraction of sp³-hybridized carbons (Fsp3) is 0.240. The van der Waals surface area contributed by atoms with Crippen LogP contribution in [0.25, 0.3) is 11.3 Å². The van der Waals surface area contributed by atoms with Gasteiger partial charge in [0.1, 0.15) is 16.8 Å². The molecule has 0 radical (unpaired) electrons. The van der Waals surface area contributed by atoms with E-state index in [1.165, 1.54) is 11.8 Å². The van der Waals surface area contributed by atoms with Gasteiger partial charge in [0.2, 0.25) is 5.91 Å².